The fourth-order valence-electron chi connectivity index (χ4n) is 5.80. The number of ketones is 1. The molecule has 5 aliphatic rings. The summed E-state index contributed by atoms with van der Waals surface area (Å²) in [5.74, 6) is 4.03. The van der Waals surface area contributed by atoms with Gasteiger partial charge in [0.15, 0.2) is 5.78 Å². The Morgan fingerprint density at radius 2 is 1.65 bits per heavy atom. The maximum Gasteiger partial charge on any atom is 0.196 e. The van der Waals surface area contributed by atoms with E-state index in [9.17, 15) is 4.79 Å². The van der Waals surface area contributed by atoms with Crippen molar-refractivity contribution in [1.82, 2.24) is 15.3 Å². The van der Waals surface area contributed by atoms with Crippen molar-refractivity contribution in [2.75, 3.05) is 6.54 Å². The lowest BCUT2D eigenvalue weighted by molar-refractivity contribution is -0.00907. The summed E-state index contributed by atoms with van der Waals surface area (Å²) in [6, 6.07) is 0. The number of nitrogens with zero attached hydrogens (tertiary/aromatic N) is 1. The van der Waals surface area contributed by atoms with Crippen LogP contribution in [-0.2, 0) is 12.0 Å². The Morgan fingerprint density at radius 3 is 2.25 bits per heavy atom. The van der Waals surface area contributed by atoms with Crippen LogP contribution in [-0.4, -0.2) is 22.3 Å². The Morgan fingerprint density at radius 1 is 1.00 bits per heavy atom. The number of aromatic nitrogens is 2. The molecule has 4 nitrogen and oxygen atoms in total. The van der Waals surface area contributed by atoms with Gasteiger partial charge >= 0.3 is 0 Å². The van der Waals surface area contributed by atoms with Crippen LogP contribution in [0.25, 0.3) is 0 Å². The number of carbonyl (C=O) groups is 1. The highest BCUT2D eigenvalue weighted by atomic mass is 16.1. The number of Topliss-reactive ketones (excluding diaryl/α,β-unsaturated/α-hetero) is 1. The SMILES string of the molecule is O=C1CNCc2[nH]c(C34CC5CC(CC(C5)C3)C4)nc21. The Bertz CT molecular complexity index is 553. The van der Waals surface area contributed by atoms with E-state index in [1.54, 1.807) is 0 Å². The second kappa shape index (κ2) is 3.73. The molecular weight excluding hydrogens is 250 g/mol. The van der Waals surface area contributed by atoms with E-state index in [0.717, 1.165) is 41.5 Å². The highest BCUT2D eigenvalue weighted by molar-refractivity contribution is 5.97. The summed E-state index contributed by atoms with van der Waals surface area (Å²) in [4.78, 5) is 20.3. The molecule has 0 radical (unpaired) electrons. The topological polar surface area (TPSA) is 57.8 Å². The smallest absolute Gasteiger partial charge is 0.196 e. The molecule has 1 aromatic heterocycles. The number of imidazole rings is 1. The molecule has 0 spiro atoms. The van der Waals surface area contributed by atoms with Crippen molar-refractivity contribution < 1.29 is 4.79 Å². The minimum absolute atomic E-state index is 0.151. The van der Waals surface area contributed by atoms with E-state index in [-0.39, 0.29) is 11.2 Å². The van der Waals surface area contributed by atoms with Gasteiger partial charge in [-0.2, -0.15) is 0 Å². The van der Waals surface area contributed by atoms with Gasteiger partial charge < -0.3 is 10.3 Å². The molecule has 4 heteroatoms. The fraction of sp³-hybridized carbons (Fsp3) is 0.750. The predicted octanol–water partition coefficient (Wildman–Crippen LogP) is 2.16. The van der Waals surface area contributed by atoms with Gasteiger partial charge in [0.05, 0.1) is 12.2 Å². The lowest BCUT2D eigenvalue weighted by atomic mass is 9.49. The Kier molecular flexibility index (Phi) is 2.14. The molecule has 1 aliphatic heterocycles. The van der Waals surface area contributed by atoms with Crippen molar-refractivity contribution in [3.8, 4) is 0 Å². The molecule has 4 fully saturated rings. The van der Waals surface area contributed by atoms with E-state index >= 15 is 0 Å². The molecule has 0 atom stereocenters. The molecule has 20 heavy (non-hydrogen) atoms. The third-order valence-corrected chi connectivity index (χ3v) is 6.17. The average molecular weight is 271 g/mol. The summed E-state index contributed by atoms with van der Waals surface area (Å²) < 4.78 is 0. The van der Waals surface area contributed by atoms with Crippen LogP contribution < -0.4 is 5.32 Å². The van der Waals surface area contributed by atoms with Crippen LogP contribution in [0.2, 0.25) is 0 Å². The first-order valence-corrected chi connectivity index (χ1v) is 8.05. The average Bonchev–Trinajstić information content (AvgIpc) is 2.83. The molecular formula is C16H21N3O. The number of nitrogens with one attached hydrogen (secondary N) is 2. The quantitative estimate of drug-likeness (QED) is 0.823. The Hall–Kier alpha value is -1.16. The summed E-state index contributed by atoms with van der Waals surface area (Å²) >= 11 is 0. The van der Waals surface area contributed by atoms with Crippen molar-refractivity contribution in [2.45, 2.75) is 50.5 Å². The molecule has 4 saturated carbocycles. The van der Waals surface area contributed by atoms with Crippen molar-refractivity contribution in [2.24, 2.45) is 17.8 Å². The maximum absolute atomic E-state index is 12.0. The molecule has 0 unspecified atom stereocenters. The monoisotopic (exact) mass is 271 g/mol. The van der Waals surface area contributed by atoms with Gasteiger partial charge in [-0.15, -0.1) is 0 Å². The standard InChI is InChI=1S/C16H21N3O/c20-13-8-17-7-12-14(13)19-15(18-12)16-4-9-1-10(5-16)3-11(2-9)6-16/h9-11,17H,1-8H2,(H,18,19). The van der Waals surface area contributed by atoms with Crippen LogP contribution >= 0.6 is 0 Å². The van der Waals surface area contributed by atoms with Gasteiger partial charge in [-0.25, -0.2) is 4.98 Å². The number of carbonyl (C=O) groups excluding carboxylic acids is 1. The van der Waals surface area contributed by atoms with E-state index in [0.29, 0.717) is 6.54 Å². The maximum atomic E-state index is 12.0. The molecule has 2 heterocycles. The van der Waals surface area contributed by atoms with Crippen LogP contribution in [0.1, 0.15) is 60.5 Å². The molecule has 1 aromatic rings. The second-order valence-corrected chi connectivity index (χ2v) is 7.64. The normalized spacial score (nSPS) is 42.0. The van der Waals surface area contributed by atoms with Crippen molar-refractivity contribution in [1.29, 1.82) is 0 Å². The number of fused-ring (bicyclic) bond motifs is 1. The zero-order valence-electron chi connectivity index (χ0n) is 11.7. The van der Waals surface area contributed by atoms with Crippen molar-refractivity contribution in [3.63, 3.8) is 0 Å². The lowest BCUT2D eigenvalue weighted by Gasteiger charge is -2.56. The summed E-state index contributed by atoms with van der Waals surface area (Å²) in [5.41, 5.74) is 2.01. The van der Waals surface area contributed by atoms with Crippen LogP contribution in [0.5, 0.6) is 0 Å². The minimum Gasteiger partial charge on any atom is -0.344 e. The molecule has 0 aromatic carbocycles. The largest absolute Gasteiger partial charge is 0.344 e. The highest BCUT2D eigenvalue weighted by Crippen LogP contribution is 2.60. The molecule has 6 rings (SSSR count). The fourth-order valence-corrected chi connectivity index (χ4v) is 5.80. The molecule has 106 valence electrons. The van der Waals surface area contributed by atoms with Crippen LogP contribution in [0, 0.1) is 17.8 Å². The van der Waals surface area contributed by atoms with E-state index in [1.807, 2.05) is 0 Å². The Balaban J connectivity index is 1.58. The van der Waals surface area contributed by atoms with E-state index in [1.165, 1.54) is 38.5 Å². The van der Waals surface area contributed by atoms with Crippen LogP contribution in [0.4, 0.5) is 0 Å². The van der Waals surface area contributed by atoms with Crippen molar-refractivity contribution >= 4 is 5.78 Å². The number of aromatic amines is 1. The Labute approximate surface area is 118 Å². The molecule has 4 aliphatic carbocycles. The molecule has 2 N–H and O–H groups in total. The first kappa shape index (κ1) is 11.5. The van der Waals surface area contributed by atoms with Gasteiger partial charge in [-0.1, -0.05) is 0 Å². The van der Waals surface area contributed by atoms with Crippen molar-refractivity contribution in [3.05, 3.63) is 17.2 Å². The highest BCUT2D eigenvalue weighted by Gasteiger charge is 2.53. The second-order valence-electron chi connectivity index (χ2n) is 7.64. The minimum atomic E-state index is 0.151. The third-order valence-electron chi connectivity index (χ3n) is 6.17. The summed E-state index contributed by atoms with van der Waals surface area (Å²) in [5, 5.41) is 3.16. The third kappa shape index (κ3) is 1.46. The van der Waals surface area contributed by atoms with Crippen LogP contribution in [0.15, 0.2) is 0 Å². The zero-order valence-corrected chi connectivity index (χ0v) is 11.7. The van der Waals surface area contributed by atoms with E-state index < -0.39 is 0 Å². The first-order chi connectivity index (χ1) is 9.72. The summed E-state index contributed by atoms with van der Waals surface area (Å²) in [6.45, 7) is 1.21. The molecule has 0 amide bonds. The van der Waals surface area contributed by atoms with Crippen LogP contribution in [0.3, 0.4) is 0 Å². The van der Waals surface area contributed by atoms with E-state index in [2.05, 4.69) is 10.3 Å². The molecule has 4 bridgehead atoms. The number of hydrogen-bond donors (Lipinski definition) is 2. The van der Waals surface area contributed by atoms with Gasteiger partial charge in [-0.3, -0.25) is 4.79 Å². The van der Waals surface area contributed by atoms with Gasteiger partial charge in [0, 0.05) is 12.0 Å². The van der Waals surface area contributed by atoms with Gasteiger partial charge in [0.1, 0.15) is 11.5 Å². The van der Waals surface area contributed by atoms with Gasteiger partial charge in [0.25, 0.3) is 0 Å². The van der Waals surface area contributed by atoms with Gasteiger partial charge in [-0.05, 0) is 56.3 Å². The summed E-state index contributed by atoms with van der Waals surface area (Å²) in [7, 11) is 0. The summed E-state index contributed by atoms with van der Waals surface area (Å²) in [6.07, 6.45) is 8.23. The van der Waals surface area contributed by atoms with Gasteiger partial charge in [0.2, 0.25) is 0 Å². The predicted molar refractivity (Wildman–Crippen MR) is 74.5 cm³/mol. The number of H-pyrrole nitrogens is 1. The zero-order chi connectivity index (χ0) is 13.3. The molecule has 0 saturated heterocycles. The first-order valence-electron chi connectivity index (χ1n) is 8.05. The van der Waals surface area contributed by atoms with E-state index in [4.69, 9.17) is 4.98 Å². The number of rotatable bonds is 1. The lowest BCUT2D eigenvalue weighted by Crippen LogP contribution is -2.49. The number of hydrogen-bond acceptors (Lipinski definition) is 3.